The van der Waals surface area contributed by atoms with Crippen molar-refractivity contribution in [1.29, 1.82) is 0 Å². The van der Waals surface area contributed by atoms with Crippen LogP contribution < -0.4 is 0 Å². The van der Waals surface area contributed by atoms with Crippen LogP contribution in [0.2, 0.25) is 0 Å². The lowest BCUT2D eigenvalue weighted by molar-refractivity contribution is 1.31. The Morgan fingerprint density at radius 3 is 2.78 bits per heavy atom. The van der Waals surface area contributed by atoms with Crippen LogP contribution in [0.1, 0.15) is 0 Å². The van der Waals surface area contributed by atoms with E-state index in [1.807, 2.05) is 42.9 Å². The second kappa shape index (κ2) is 4.83. The number of pyridine rings is 3. The van der Waals surface area contributed by atoms with Crippen LogP contribution in [0, 0.1) is 0 Å². The van der Waals surface area contributed by atoms with Crippen molar-refractivity contribution in [2.75, 3.05) is 0 Å². The molecule has 0 fully saturated rings. The predicted molar refractivity (Wildman–Crippen MR) is 95.7 cm³/mol. The molecule has 3 nitrogen and oxygen atoms in total. The van der Waals surface area contributed by atoms with E-state index < -0.39 is 0 Å². The van der Waals surface area contributed by atoms with E-state index in [1.165, 1.54) is 20.2 Å². The molecular weight excluding hydrogens is 302 g/mol. The van der Waals surface area contributed by atoms with Crippen LogP contribution in [-0.2, 0) is 0 Å². The number of hydrogen-bond donors (Lipinski definition) is 0. The van der Waals surface area contributed by atoms with E-state index >= 15 is 0 Å². The molecule has 4 aromatic heterocycles. The zero-order chi connectivity index (χ0) is 15.2. The number of fused-ring (bicyclic) bond motifs is 4. The maximum atomic E-state index is 4.79. The summed E-state index contributed by atoms with van der Waals surface area (Å²) in [6.45, 7) is 0. The minimum absolute atomic E-state index is 0.911. The molecule has 0 saturated heterocycles. The molecule has 0 saturated carbocycles. The van der Waals surface area contributed by atoms with Gasteiger partial charge in [-0.15, -0.1) is 11.3 Å². The Hall–Kier alpha value is -2.85. The first-order chi connectivity index (χ1) is 11.4. The highest BCUT2D eigenvalue weighted by molar-refractivity contribution is 7.26. The molecule has 0 aliphatic carbocycles. The van der Waals surface area contributed by atoms with Crippen LogP contribution in [0.15, 0.2) is 67.1 Å². The predicted octanol–water partition coefficient (Wildman–Crippen LogP) is 5.06. The van der Waals surface area contributed by atoms with Crippen LogP contribution in [0.3, 0.4) is 0 Å². The van der Waals surface area contributed by atoms with E-state index in [0.717, 1.165) is 22.3 Å². The molecule has 0 atom stereocenters. The Morgan fingerprint density at radius 2 is 1.78 bits per heavy atom. The summed E-state index contributed by atoms with van der Waals surface area (Å²) >= 11 is 1.75. The van der Waals surface area contributed by atoms with Gasteiger partial charge < -0.3 is 0 Å². The second-order valence-electron chi connectivity index (χ2n) is 5.40. The number of thiophene rings is 1. The van der Waals surface area contributed by atoms with Crippen LogP contribution in [0.5, 0.6) is 0 Å². The summed E-state index contributed by atoms with van der Waals surface area (Å²) in [5.41, 5.74) is 2.84. The highest BCUT2D eigenvalue weighted by atomic mass is 32.1. The molecule has 4 heterocycles. The largest absolute Gasteiger partial charge is 0.264 e. The average molecular weight is 313 g/mol. The maximum absolute atomic E-state index is 4.79. The lowest BCUT2D eigenvalue weighted by Crippen LogP contribution is -1.88. The summed E-state index contributed by atoms with van der Waals surface area (Å²) in [4.78, 5) is 13.7. The third-order valence-corrected chi connectivity index (χ3v) is 5.22. The smallest absolute Gasteiger partial charge is 0.106 e. The first-order valence-electron chi connectivity index (χ1n) is 7.37. The molecule has 0 bridgehead atoms. The van der Waals surface area contributed by atoms with Gasteiger partial charge in [0.05, 0.1) is 15.9 Å². The van der Waals surface area contributed by atoms with Crippen LogP contribution in [-0.4, -0.2) is 15.0 Å². The van der Waals surface area contributed by atoms with Gasteiger partial charge in [0.2, 0.25) is 0 Å². The summed E-state index contributed by atoms with van der Waals surface area (Å²) in [5.74, 6) is 0. The Balaban J connectivity index is 1.84. The van der Waals surface area contributed by atoms with Crippen molar-refractivity contribution in [3.05, 3.63) is 67.1 Å². The van der Waals surface area contributed by atoms with Gasteiger partial charge in [-0.2, -0.15) is 0 Å². The van der Waals surface area contributed by atoms with Crippen molar-refractivity contribution >= 4 is 42.4 Å². The van der Waals surface area contributed by atoms with Gasteiger partial charge in [0.1, 0.15) is 5.69 Å². The molecule has 0 radical (unpaired) electrons. The zero-order valence-corrected chi connectivity index (χ0v) is 12.9. The number of nitrogens with zero attached hydrogens (tertiary/aromatic N) is 3. The summed E-state index contributed by atoms with van der Waals surface area (Å²) < 4.78 is 2.39. The molecule has 5 rings (SSSR count). The van der Waals surface area contributed by atoms with Gasteiger partial charge in [-0.3, -0.25) is 9.97 Å². The van der Waals surface area contributed by atoms with Crippen molar-refractivity contribution in [2.24, 2.45) is 0 Å². The Labute approximate surface area is 136 Å². The topological polar surface area (TPSA) is 38.7 Å². The molecule has 0 unspecified atom stereocenters. The third kappa shape index (κ3) is 1.92. The van der Waals surface area contributed by atoms with E-state index in [9.17, 15) is 0 Å². The number of para-hydroxylation sites is 1. The SMILES string of the molecule is c1ccc2nc(-c3nccc4c3sc3ccncc34)ccc2c1. The minimum Gasteiger partial charge on any atom is -0.264 e. The normalized spacial score (nSPS) is 11.5. The van der Waals surface area contributed by atoms with E-state index in [-0.39, 0.29) is 0 Å². The van der Waals surface area contributed by atoms with E-state index in [1.54, 1.807) is 11.3 Å². The van der Waals surface area contributed by atoms with Gasteiger partial charge in [0.25, 0.3) is 0 Å². The first kappa shape index (κ1) is 12.7. The minimum atomic E-state index is 0.911. The summed E-state index contributed by atoms with van der Waals surface area (Å²) in [6, 6.07) is 16.4. The fourth-order valence-corrected chi connectivity index (χ4v) is 4.09. The quantitative estimate of drug-likeness (QED) is 0.434. The first-order valence-corrected chi connectivity index (χ1v) is 8.19. The third-order valence-electron chi connectivity index (χ3n) is 4.03. The molecule has 0 N–H and O–H groups in total. The van der Waals surface area contributed by atoms with Crippen molar-refractivity contribution < 1.29 is 0 Å². The maximum Gasteiger partial charge on any atom is 0.106 e. The number of aromatic nitrogens is 3. The van der Waals surface area contributed by atoms with Gasteiger partial charge >= 0.3 is 0 Å². The van der Waals surface area contributed by atoms with Crippen molar-refractivity contribution in [3.63, 3.8) is 0 Å². The summed E-state index contributed by atoms with van der Waals surface area (Å²) in [7, 11) is 0. The molecule has 4 heteroatoms. The standard InChI is InChI=1S/C19H11N3S/c1-2-4-15-12(3-1)5-6-16(22-15)18-19-13(7-10-21-18)14-11-20-9-8-17(14)23-19/h1-11H. The van der Waals surface area contributed by atoms with Crippen molar-refractivity contribution in [1.82, 2.24) is 15.0 Å². The number of benzene rings is 1. The molecule has 5 aromatic rings. The van der Waals surface area contributed by atoms with Crippen molar-refractivity contribution in [2.45, 2.75) is 0 Å². The van der Waals surface area contributed by atoms with E-state index in [0.29, 0.717) is 0 Å². The Morgan fingerprint density at radius 1 is 0.826 bits per heavy atom. The van der Waals surface area contributed by atoms with Gasteiger partial charge in [-0.25, -0.2) is 4.98 Å². The average Bonchev–Trinajstić information content (AvgIpc) is 3.00. The lowest BCUT2D eigenvalue weighted by atomic mass is 10.1. The second-order valence-corrected chi connectivity index (χ2v) is 6.45. The van der Waals surface area contributed by atoms with Gasteiger partial charge in [0.15, 0.2) is 0 Å². The van der Waals surface area contributed by atoms with Crippen LogP contribution in [0.4, 0.5) is 0 Å². The van der Waals surface area contributed by atoms with Gasteiger partial charge in [-0.1, -0.05) is 24.3 Å². The number of rotatable bonds is 1. The molecule has 0 amide bonds. The van der Waals surface area contributed by atoms with Gasteiger partial charge in [-0.05, 0) is 24.3 Å². The highest BCUT2D eigenvalue weighted by Gasteiger charge is 2.12. The summed E-state index contributed by atoms with van der Waals surface area (Å²) in [5, 5.41) is 3.51. The summed E-state index contributed by atoms with van der Waals surface area (Å²) in [6.07, 6.45) is 5.61. The molecule has 108 valence electrons. The molecule has 0 aliphatic rings. The monoisotopic (exact) mass is 313 g/mol. The molecule has 0 aliphatic heterocycles. The fraction of sp³-hybridized carbons (Fsp3) is 0. The van der Waals surface area contributed by atoms with Crippen molar-refractivity contribution in [3.8, 4) is 11.4 Å². The Bertz CT molecular complexity index is 1180. The lowest BCUT2D eigenvalue weighted by Gasteiger charge is -2.03. The Kier molecular flexibility index (Phi) is 2.66. The van der Waals surface area contributed by atoms with Gasteiger partial charge in [0, 0.05) is 39.4 Å². The van der Waals surface area contributed by atoms with E-state index in [4.69, 9.17) is 4.98 Å². The molecular formula is C19H11N3S. The van der Waals surface area contributed by atoms with E-state index in [2.05, 4.69) is 34.2 Å². The van der Waals surface area contributed by atoms with Crippen LogP contribution in [0.25, 0.3) is 42.5 Å². The van der Waals surface area contributed by atoms with Crippen LogP contribution >= 0.6 is 11.3 Å². The molecule has 1 aromatic carbocycles. The fourth-order valence-electron chi connectivity index (χ4n) is 2.93. The molecule has 23 heavy (non-hydrogen) atoms. The zero-order valence-electron chi connectivity index (χ0n) is 12.1. The number of hydrogen-bond acceptors (Lipinski definition) is 4. The highest BCUT2D eigenvalue weighted by Crippen LogP contribution is 2.37. The molecule has 0 spiro atoms.